The molecule has 2 rings (SSSR count). The van der Waals surface area contributed by atoms with Crippen molar-refractivity contribution < 1.29 is 4.79 Å². The van der Waals surface area contributed by atoms with Gasteiger partial charge in [0.15, 0.2) is 5.78 Å². The summed E-state index contributed by atoms with van der Waals surface area (Å²) in [7, 11) is 0. The van der Waals surface area contributed by atoms with Crippen LogP contribution >= 0.6 is 0 Å². The maximum Gasteiger partial charge on any atom is 0.160 e. The number of hydrogen-bond donors (Lipinski definition) is 0. The first-order chi connectivity index (χ1) is 6.68. The van der Waals surface area contributed by atoms with Gasteiger partial charge in [-0.15, -0.1) is 0 Å². The fourth-order valence-corrected chi connectivity index (χ4v) is 1.76. The quantitative estimate of drug-likeness (QED) is 0.675. The fraction of sp³-hybridized carbons (Fsp3) is 0.333. The zero-order valence-corrected chi connectivity index (χ0v) is 8.45. The van der Waals surface area contributed by atoms with Crippen molar-refractivity contribution in [1.82, 2.24) is 4.98 Å². The van der Waals surface area contributed by atoms with E-state index in [2.05, 4.69) is 18.8 Å². The summed E-state index contributed by atoms with van der Waals surface area (Å²) in [4.78, 5) is 15.8. The average molecular weight is 187 g/mol. The molecule has 0 saturated carbocycles. The second-order valence-electron chi connectivity index (χ2n) is 3.91. The van der Waals surface area contributed by atoms with Crippen LogP contribution < -0.4 is 0 Å². The molecular formula is C12H13NO. The molecule has 1 aromatic heterocycles. The van der Waals surface area contributed by atoms with E-state index in [1.807, 2.05) is 12.1 Å². The third-order valence-electron chi connectivity index (χ3n) is 2.47. The first kappa shape index (κ1) is 9.13. The molecule has 0 bridgehead atoms. The van der Waals surface area contributed by atoms with E-state index >= 15 is 0 Å². The van der Waals surface area contributed by atoms with Gasteiger partial charge in [0.25, 0.3) is 0 Å². The van der Waals surface area contributed by atoms with E-state index in [1.165, 1.54) is 0 Å². The monoisotopic (exact) mass is 187 g/mol. The molecule has 0 radical (unpaired) electrons. The average Bonchev–Trinajstić information content (AvgIpc) is 2.16. The van der Waals surface area contributed by atoms with Crippen LogP contribution in [0.4, 0.5) is 0 Å². The minimum atomic E-state index is 0.189. The minimum absolute atomic E-state index is 0.189. The molecule has 1 aliphatic rings. The van der Waals surface area contributed by atoms with E-state index in [1.54, 1.807) is 12.3 Å². The Bertz CT molecular complexity index is 405. The summed E-state index contributed by atoms with van der Waals surface area (Å²) in [5.74, 6) is 0.544. The van der Waals surface area contributed by atoms with Crippen LogP contribution in [0.1, 0.15) is 25.1 Å². The molecule has 0 amide bonds. The highest BCUT2D eigenvalue weighted by Gasteiger charge is 2.19. The van der Waals surface area contributed by atoms with Crippen molar-refractivity contribution in [3.63, 3.8) is 0 Å². The molecule has 0 saturated heterocycles. The summed E-state index contributed by atoms with van der Waals surface area (Å²) in [6.45, 7) is 4.17. The highest BCUT2D eigenvalue weighted by Crippen LogP contribution is 2.28. The lowest BCUT2D eigenvalue weighted by Gasteiger charge is -2.18. The lowest BCUT2D eigenvalue weighted by molar-refractivity contribution is -0.114. The minimum Gasteiger partial charge on any atom is -0.294 e. The normalized spacial score (nSPS) is 15.4. The standard InChI is InChI=1S/C12H13NO/c1-8(2)11-7-10(14)6-9-4-3-5-13-12(9)11/h3-5,7-8H,6H2,1-2H3. The summed E-state index contributed by atoms with van der Waals surface area (Å²) in [5.41, 5.74) is 3.13. The predicted molar refractivity (Wildman–Crippen MR) is 55.8 cm³/mol. The van der Waals surface area contributed by atoms with Crippen molar-refractivity contribution in [2.75, 3.05) is 0 Å². The van der Waals surface area contributed by atoms with Gasteiger partial charge in [-0.05, 0) is 29.2 Å². The molecule has 0 unspecified atom stereocenters. The first-order valence-electron chi connectivity index (χ1n) is 4.87. The third-order valence-corrected chi connectivity index (χ3v) is 2.47. The van der Waals surface area contributed by atoms with Gasteiger partial charge in [0, 0.05) is 12.6 Å². The van der Waals surface area contributed by atoms with Gasteiger partial charge in [0.1, 0.15) is 0 Å². The Kier molecular flexibility index (Phi) is 2.20. The number of carbonyl (C=O) groups is 1. The molecule has 0 N–H and O–H groups in total. The van der Waals surface area contributed by atoms with E-state index in [4.69, 9.17) is 0 Å². The summed E-state index contributed by atoms with van der Waals surface area (Å²) in [6, 6.07) is 3.87. The maximum absolute atomic E-state index is 11.4. The molecule has 0 aromatic carbocycles. The zero-order chi connectivity index (χ0) is 10.1. The van der Waals surface area contributed by atoms with Crippen molar-refractivity contribution in [1.29, 1.82) is 0 Å². The summed E-state index contributed by atoms with van der Waals surface area (Å²) in [5, 5.41) is 0. The molecular weight excluding hydrogens is 174 g/mol. The molecule has 2 heteroatoms. The van der Waals surface area contributed by atoms with E-state index < -0.39 is 0 Å². The Balaban J connectivity index is 2.55. The van der Waals surface area contributed by atoms with Crippen molar-refractivity contribution in [2.45, 2.75) is 20.3 Å². The smallest absolute Gasteiger partial charge is 0.160 e. The lowest BCUT2D eigenvalue weighted by Crippen LogP contribution is -2.13. The van der Waals surface area contributed by atoms with Crippen molar-refractivity contribution in [2.24, 2.45) is 5.92 Å². The van der Waals surface area contributed by atoms with Crippen molar-refractivity contribution >= 4 is 11.4 Å². The maximum atomic E-state index is 11.4. The third kappa shape index (κ3) is 1.48. The second-order valence-corrected chi connectivity index (χ2v) is 3.91. The highest BCUT2D eigenvalue weighted by atomic mass is 16.1. The first-order valence-corrected chi connectivity index (χ1v) is 4.87. The number of allylic oxidation sites excluding steroid dienone is 2. The van der Waals surface area contributed by atoms with Crippen LogP contribution in [0.5, 0.6) is 0 Å². The van der Waals surface area contributed by atoms with Gasteiger partial charge in [-0.1, -0.05) is 19.9 Å². The summed E-state index contributed by atoms with van der Waals surface area (Å²) in [6.07, 6.45) is 4.02. The molecule has 1 aromatic rings. The Morgan fingerprint density at radius 2 is 2.21 bits per heavy atom. The molecule has 2 nitrogen and oxygen atoms in total. The van der Waals surface area contributed by atoms with Gasteiger partial charge in [0.05, 0.1) is 5.69 Å². The van der Waals surface area contributed by atoms with E-state index in [0.29, 0.717) is 12.3 Å². The molecule has 1 aliphatic carbocycles. The van der Waals surface area contributed by atoms with E-state index in [0.717, 1.165) is 16.8 Å². The van der Waals surface area contributed by atoms with Crippen molar-refractivity contribution in [3.8, 4) is 0 Å². The van der Waals surface area contributed by atoms with Crippen molar-refractivity contribution in [3.05, 3.63) is 35.7 Å². The topological polar surface area (TPSA) is 30.0 Å². The zero-order valence-electron chi connectivity index (χ0n) is 8.45. The Morgan fingerprint density at radius 3 is 2.93 bits per heavy atom. The summed E-state index contributed by atoms with van der Waals surface area (Å²) >= 11 is 0. The molecule has 72 valence electrons. The summed E-state index contributed by atoms with van der Waals surface area (Å²) < 4.78 is 0. The molecule has 0 fully saturated rings. The number of rotatable bonds is 1. The number of nitrogens with zero attached hydrogens (tertiary/aromatic N) is 1. The SMILES string of the molecule is CC(C)C1=CC(=O)Cc2cccnc21. The molecule has 0 atom stereocenters. The van der Waals surface area contributed by atoms with Gasteiger partial charge in [-0.25, -0.2) is 0 Å². The number of fused-ring (bicyclic) bond motifs is 1. The lowest BCUT2D eigenvalue weighted by atomic mass is 9.88. The Hall–Kier alpha value is -1.44. The van der Waals surface area contributed by atoms with Gasteiger partial charge in [-0.2, -0.15) is 0 Å². The van der Waals surface area contributed by atoms with Crippen LogP contribution in [-0.2, 0) is 11.2 Å². The van der Waals surface area contributed by atoms with Crippen LogP contribution in [0.25, 0.3) is 5.57 Å². The van der Waals surface area contributed by atoms with Crippen LogP contribution in [-0.4, -0.2) is 10.8 Å². The predicted octanol–water partition coefficient (Wildman–Crippen LogP) is 2.25. The molecule has 0 aliphatic heterocycles. The van der Waals surface area contributed by atoms with E-state index in [9.17, 15) is 4.79 Å². The van der Waals surface area contributed by atoms with Gasteiger partial charge in [-0.3, -0.25) is 9.78 Å². The number of ketones is 1. The fourth-order valence-electron chi connectivity index (χ4n) is 1.76. The van der Waals surface area contributed by atoms with E-state index in [-0.39, 0.29) is 5.78 Å². The van der Waals surface area contributed by atoms with Crippen LogP contribution in [0.3, 0.4) is 0 Å². The Labute approximate surface area is 83.7 Å². The van der Waals surface area contributed by atoms with Gasteiger partial charge >= 0.3 is 0 Å². The Morgan fingerprint density at radius 1 is 1.43 bits per heavy atom. The van der Waals surface area contributed by atoms with Gasteiger partial charge in [0.2, 0.25) is 0 Å². The molecule has 0 spiro atoms. The van der Waals surface area contributed by atoms with Crippen LogP contribution in [0.15, 0.2) is 24.4 Å². The number of hydrogen-bond acceptors (Lipinski definition) is 2. The van der Waals surface area contributed by atoms with Crippen LogP contribution in [0.2, 0.25) is 0 Å². The van der Waals surface area contributed by atoms with Gasteiger partial charge < -0.3 is 0 Å². The van der Waals surface area contributed by atoms with Crippen LogP contribution in [0, 0.1) is 5.92 Å². The number of carbonyl (C=O) groups excluding carboxylic acids is 1. The second kappa shape index (κ2) is 3.37. The number of pyridine rings is 1. The molecule has 14 heavy (non-hydrogen) atoms. The highest BCUT2D eigenvalue weighted by molar-refractivity contribution is 6.01. The largest absolute Gasteiger partial charge is 0.294 e. The number of aromatic nitrogens is 1. The molecule has 1 heterocycles.